The van der Waals surface area contributed by atoms with Crippen molar-refractivity contribution in [1.82, 2.24) is 21.3 Å². The largest absolute Gasteiger partial charge is 0.356 e. The van der Waals surface area contributed by atoms with Crippen LogP contribution in [0.2, 0.25) is 5.02 Å². The molecule has 1 aliphatic carbocycles. The van der Waals surface area contributed by atoms with Crippen molar-refractivity contribution < 1.29 is 32.4 Å². The van der Waals surface area contributed by atoms with Gasteiger partial charge in [0, 0.05) is 36.2 Å². The minimum absolute atomic E-state index is 0.0171. The van der Waals surface area contributed by atoms with Crippen molar-refractivity contribution in [2.24, 2.45) is 11.3 Å². The van der Waals surface area contributed by atoms with Crippen LogP contribution in [0.5, 0.6) is 0 Å². The summed E-state index contributed by atoms with van der Waals surface area (Å²) in [6.07, 6.45) is 3.86. The summed E-state index contributed by atoms with van der Waals surface area (Å²) in [7, 11) is -3.46. The van der Waals surface area contributed by atoms with Gasteiger partial charge in [0.2, 0.25) is 23.5 Å². The maximum Gasteiger partial charge on any atom is 0.289 e. The van der Waals surface area contributed by atoms with Gasteiger partial charge in [-0.2, -0.15) is 0 Å². The van der Waals surface area contributed by atoms with Gasteiger partial charge in [0.15, 0.2) is 9.84 Å². The molecule has 3 rings (SSSR count). The topological polar surface area (TPSA) is 168 Å². The summed E-state index contributed by atoms with van der Waals surface area (Å²) in [4.78, 5) is 65.0. The number of hydrogen-bond acceptors (Lipinski definition) is 7. The fourth-order valence-electron chi connectivity index (χ4n) is 5.14. The molecule has 4 amide bonds. The van der Waals surface area contributed by atoms with E-state index in [9.17, 15) is 32.4 Å². The molecule has 3 unspecified atom stereocenters. The molecule has 11 nitrogen and oxygen atoms in total. The van der Waals surface area contributed by atoms with E-state index in [2.05, 4.69) is 21.3 Å². The number of carbonyl (C=O) groups excluding carboxylic acids is 5. The Bertz CT molecular complexity index is 1350. The molecule has 1 aromatic carbocycles. The van der Waals surface area contributed by atoms with Crippen molar-refractivity contribution >= 4 is 50.9 Å². The van der Waals surface area contributed by atoms with E-state index >= 15 is 0 Å². The summed E-state index contributed by atoms with van der Waals surface area (Å²) in [5.74, 6) is -3.77. The summed E-state index contributed by atoms with van der Waals surface area (Å²) in [5.41, 5.74) is 0.226. The fourth-order valence-corrected chi connectivity index (χ4v) is 6.19. The molecule has 4 N–H and O–H groups in total. The van der Waals surface area contributed by atoms with Gasteiger partial charge >= 0.3 is 0 Å². The van der Waals surface area contributed by atoms with Gasteiger partial charge in [-0.15, -0.1) is 0 Å². The summed E-state index contributed by atoms with van der Waals surface area (Å²) >= 11 is 6.41. The van der Waals surface area contributed by atoms with Gasteiger partial charge in [-0.3, -0.25) is 24.0 Å². The van der Waals surface area contributed by atoms with Gasteiger partial charge in [-0.25, -0.2) is 8.42 Å². The van der Waals surface area contributed by atoms with E-state index in [0.717, 1.165) is 19.1 Å². The number of Topliss-reactive ketones (excluding diaryl/α,β-unsaturated/α-hetero) is 1. The second-order valence-corrected chi connectivity index (χ2v) is 15.3. The van der Waals surface area contributed by atoms with E-state index in [-0.39, 0.29) is 47.0 Å². The molecule has 2 aliphatic rings. The average Bonchev–Trinajstić information content (AvgIpc) is 3.63. The van der Waals surface area contributed by atoms with E-state index in [1.807, 2.05) is 27.7 Å². The second-order valence-electron chi connectivity index (χ2n) is 12.8. The lowest BCUT2D eigenvalue weighted by molar-refractivity contribution is -0.141. The van der Waals surface area contributed by atoms with Gasteiger partial charge in [-0.05, 0) is 67.6 Å². The second kappa shape index (κ2) is 14.2. The Balaban J connectivity index is 1.76. The summed E-state index contributed by atoms with van der Waals surface area (Å²) in [6, 6.07) is 2.11. The van der Waals surface area contributed by atoms with Crippen LogP contribution in [0.1, 0.15) is 84.1 Å². The Labute approximate surface area is 258 Å². The number of rotatable bonds is 14. The highest BCUT2D eigenvalue weighted by Crippen LogP contribution is 2.32. The number of halogens is 1. The molecule has 0 radical (unpaired) electrons. The van der Waals surface area contributed by atoms with Crippen LogP contribution in [0.3, 0.4) is 0 Å². The first-order chi connectivity index (χ1) is 20.0. The van der Waals surface area contributed by atoms with Crippen LogP contribution in [-0.2, 0) is 33.8 Å². The Kier molecular flexibility index (Phi) is 11.4. The van der Waals surface area contributed by atoms with Crippen LogP contribution in [0.15, 0.2) is 23.1 Å². The van der Waals surface area contributed by atoms with Crippen LogP contribution < -0.4 is 21.3 Å². The van der Waals surface area contributed by atoms with Crippen molar-refractivity contribution in [1.29, 1.82) is 0 Å². The highest BCUT2D eigenvalue weighted by atomic mass is 35.5. The summed E-state index contributed by atoms with van der Waals surface area (Å²) in [6.45, 7) is 8.05. The van der Waals surface area contributed by atoms with Crippen LogP contribution in [0, 0.1) is 11.3 Å². The molecular weight excluding hydrogens is 596 g/mol. The highest BCUT2D eigenvalue weighted by Gasteiger charge is 2.37. The third-order valence-electron chi connectivity index (χ3n) is 7.69. The first-order valence-corrected chi connectivity index (χ1v) is 17.0. The van der Waals surface area contributed by atoms with Crippen molar-refractivity contribution in [2.75, 3.05) is 12.8 Å². The molecule has 1 aliphatic heterocycles. The maximum absolute atomic E-state index is 13.6. The highest BCUT2D eigenvalue weighted by molar-refractivity contribution is 7.90. The van der Waals surface area contributed by atoms with E-state index < -0.39 is 56.8 Å². The molecule has 13 heteroatoms. The number of sulfone groups is 1. The predicted molar refractivity (Wildman–Crippen MR) is 162 cm³/mol. The lowest BCUT2D eigenvalue weighted by Crippen LogP contribution is -2.55. The SMILES string of the molecule is CCC(CC(=O)N[C@@H](CC(C)(C)C)C(=O)NC(CC1CCNC1=O)C(=O)C(=O)NC1CC1)c1ccc(S(C)(=O)=O)cc1Cl. The molecule has 43 heavy (non-hydrogen) atoms. The van der Waals surface area contributed by atoms with E-state index in [0.29, 0.717) is 24.9 Å². The van der Waals surface area contributed by atoms with Crippen LogP contribution in [0.25, 0.3) is 0 Å². The molecule has 0 aromatic heterocycles. The summed E-state index contributed by atoms with van der Waals surface area (Å²) in [5, 5.41) is 11.1. The monoisotopic (exact) mass is 638 g/mol. The smallest absolute Gasteiger partial charge is 0.289 e. The average molecular weight is 639 g/mol. The zero-order valence-electron chi connectivity index (χ0n) is 25.4. The standard InChI is InChI=1S/C30H43ClN4O7S/c1-6-17(21-10-9-20(15-22(21)31)43(5,41)42)14-25(36)34-24(16-30(2,3)4)28(39)35-23(13-18-11-12-32-27(18)38)26(37)29(40)33-19-7-8-19/h9-10,15,17-19,23-24H,6-8,11-14,16H2,1-5H3,(H,32,38)(H,33,40)(H,34,36)(H,35,39)/t17?,18?,23?,24-/m0/s1. The van der Waals surface area contributed by atoms with Crippen molar-refractivity contribution in [3.8, 4) is 0 Å². The maximum atomic E-state index is 13.6. The quantitative estimate of drug-likeness (QED) is 0.227. The molecule has 238 valence electrons. The first kappa shape index (κ1) is 34.5. The summed E-state index contributed by atoms with van der Waals surface area (Å²) < 4.78 is 23.8. The van der Waals surface area contributed by atoms with Gasteiger partial charge in [-0.1, -0.05) is 45.4 Å². The van der Waals surface area contributed by atoms with Gasteiger partial charge < -0.3 is 21.3 Å². The third-order valence-corrected chi connectivity index (χ3v) is 9.12. The number of amides is 4. The number of hydrogen-bond donors (Lipinski definition) is 4. The lowest BCUT2D eigenvalue weighted by atomic mass is 9.87. The van der Waals surface area contributed by atoms with Gasteiger partial charge in [0.25, 0.3) is 5.91 Å². The third kappa shape index (κ3) is 10.3. The molecule has 1 heterocycles. The number of nitrogens with one attached hydrogen (secondary N) is 4. The van der Waals surface area contributed by atoms with Crippen LogP contribution >= 0.6 is 11.6 Å². The minimum atomic E-state index is -3.46. The molecule has 1 saturated heterocycles. The van der Waals surface area contributed by atoms with Crippen molar-refractivity contribution in [2.45, 2.75) is 102 Å². The van der Waals surface area contributed by atoms with Crippen LogP contribution in [0.4, 0.5) is 0 Å². The number of ketones is 1. The van der Waals surface area contributed by atoms with Crippen molar-refractivity contribution in [3.63, 3.8) is 0 Å². The molecule has 0 spiro atoms. The first-order valence-electron chi connectivity index (χ1n) is 14.7. The Morgan fingerprint density at radius 2 is 1.74 bits per heavy atom. The molecule has 0 bridgehead atoms. The Hall–Kier alpha value is -2.99. The minimum Gasteiger partial charge on any atom is -0.356 e. The normalized spacial score (nSPS) is 19.1. The van der Waals surface area contributed by atoms with E-state index in [1.165, 1.54) is 12.1 Å². The molecule has 1 aromatic rings. The lowest BCUT2D eigenvalue weighted by Gasteiger charge is -2.29. The Morgan fingerprint density at radius 3 is 2.26 bits per heavy atom. The van der Waals surface area contributed by atoms with Crippen LogP contribution in [-0.4, -0.2) is 68.8 Å². The van der Waals surface area contributed by atoms with Gasteiger partial charge in [0.1, 0.15) is 6.04 Å². The zero-order valence-corrected chi connectivity index (χ0v) is 27.0. The molecule has 4 atom stereocenters. The van der Waals surface area contributed by atoms with Crippen molar-refractivity contribution in [3.05, 3.63) is 28.8 Å². The molecule has 2 fully saturated rings. The molecular formula is C30H43ClN4O7S. The van der Waals surface area contributed by atoms with E-state index in [1.54, 1.807) is 6.07 Å². The fraction of sp³-hybridized carbons (Fsp3) is 0.633. The Morgan fingerprint density at radius 1 is 1.07 bits per heavy atom. The van der Waals surface area contributed by atoms with E-state index in [4.69, 9.17) is 11.6 Å². The number of benzene rings is 1. The predicted octanol–water partition coefficient (Wildman–Crippen LogP) is 2.41. The molecule has 1 saturated carbocycles. The van der Waals surface area contributed by atoms with Gasteiger partial charge in [0.05, 0.1) is 10.9 Å². The number of carbonyl (C=O) groups is 5. The zero-order chi connectivity index (χ0) is 32.1.